The molecular weight excluding hydrogens is 572 g/mol. The zero-order chi connectivity index (χ0) is 32.4. The van der Waals surface area contributed by atoms with E-state index in [1.54, 1.807) is 13.8 Å². The van der Waals surface area contributed by atoms with E-state index >= 15 is 0 Å². The zero-order valence-electron chi connectivity index (χ0n) is 25.9. The summed E-state index contributed by atoms with van der Waals surface area (Å²) in [6.45, 7) is 7.91. The Morgan fingerprint density at radius 3 is 2.32 bits per heavy atom. The minimum Gasteiger partial charge on any atom is -0.493 e. The number of carbonyl (C=O) groups is 5. The molecule has 12 heteroatoms. The number of esters is 4. The Balaban J connectivity index is 1.90. The molecule has 12 nitrogen and oxygen atoms in total. The van der Waals surface area contributed by atoms with E-state index in [4.69, 9.17) is 23.7 Å². The average Bonchev–Trinajstić information content (AvgIpc) is 3.04. The molecule has 1 aromatic heterocycles. The first kappa shape index (κ1) is 34.0. The molecule has 4 atom stereocenters. The smallest absolute Gasteiger partial charge is 0.332 e. The summed E-state index contributed by atoms with van der Waals surface area (Å²) in [5.41, 5.74) is 0.462. The molecule has 1 N–H and O–H groups in total. The molecule has 1 aromatic carbocycles. The van der Waals surface area contributed by atoms with E-state index in [1.807, 2.05) is 44.2 Å². The van der Waals surface area contributed by atoms with Gasteiger partial charge >= 0.3 is 23.9 Å². The van der Waals surface area contributed by atoms with Gasteiger partial charge in [-0.25, -0.2) is 9.78 Å². The Morgan fingerprint density at radius 2 is 1.70 bits per heavy atom. The molecule has 0 aliphatic carbocycles. The number of hydrogen-bond acceptors (Lipinski definition) is 11. The normalized spacial score (nSPS) is 20.5. The number of benzene rings is 1. The van der Waals surface area contributed by atoms with Gasteiger partial charge in [-0.05, 0) is 31.7 Å². The minimum absolute atomic E-state index is 0.0834. The quantitative estimate of drug-likeness (QED) is 0.293. The second-order valence-electron chi connectivity index (χ2n) is 10.8. The van der Waals surface area contributed by atoms with Crippen LogP contribution in [0.3, 0.4) is 0 Å². The minimum atomic E-state index is -1.46. The SMILES string of the molecule is CCC(CC)C(=O)Oc1c(OC)ccnc1C(=O)NC1COC(=O)[C@H](Cc2ccccc2)C(OC(=O)C(C)C)[C@H](C)OC1=O. The highest BCUT2D eigenvalue weighted by atomic mass is 16.6. The third kappa shape index (κ3) is 8.55. The fourth-order valence-corrected chi connectivity index (χ4v) is 4.63. The van der Waals surface area contributed by atoms with Crippen molar-refractivity contribution in [2.45, 2.75) is 72.1 Å². The molecule has 2 unspecified atom stereocenters. The molecule has 1 saturated heterocycles. The summed E-state index contributed by atoms with van der Waals surface area (Å²) in [4.78, 5) is 69.6. The molecule has 2 aromatic rings. The van der Waals surface area contributed by atoms with Gasteiger partial charge in [0.1, 0.15) is 18.6 Å². The van der Waals surface area contributed by atoms with Crippen LogP contribution in [0.5, 0.6) is 11.5 Å². The van der Waals surface area contributed by atoms with Gasteiger partial charge in [-0.1, -0.05) is 58.0 Å². The maximum absolute atomic E-state index is 13.4. The van der Waals surface area contributed by atoms with Crippen molar-refractivity contribution in [2.75, 3.05) is 13.7 Å². The number of amides is 1. The highest BCUT2D eigenvalue weighted by Gasteiger charge is 2.42. The molecule has 0 radical (unpaired) electrons. The fraction of sp³-hybridized carbons (Fsp3) is 0.500. The number of rotatable bonds is 11. The van der Waals surface area contributed by atoms with Gasteiger partial charge in [-0.15, -0.1) is 0 Å². The van der Waals surface area contributed by atoms with Crippen LogP contribution in [0.4, 0.5) is 0 Å². The molecule has 0 saturated carbocycles. The summed E-state index contributed by atoms with van der Waals surface area (Å²) in [7, 11) is 1.34. The zero-order valence-corrected chi connectivity index (χ0v) is 25.9. The van der Waals surface area contributed by atoms with E-state index in [-0.39, 0.29) is 23.6 Å². The Hall–Kier alpha value is -4.48. The Kier molecular flexibility index (Phi) is 12.2. The van der Waals surface area contributed by atoms with Gasteiger partial charge < -0.3 is 29.0 Å². The van der Waals surface area contributed by atoms with E-state index in [2.05, 4.69) is 10.3 Å². The number of pyridine rings is 1. The van der Waals surface area contributed by atoms with Crippen LogP contribution in [-0.2, 0) is 39.8 Å². The molecule has 1 aliphatic heterocycles. The van der Waals surface area contributed by atoms with Crippen molar-refractivity contribution in [3.8, 4) is 11.5 Å². The van der Waals surface area contributed by atoms with Crippen LogP contribution in [0.15, 0.2) is 42.6 Å². The van der Waals surface area contributed by atoms with Crippen LogP contribution in [0.25, 0.3) is 0 Å². The molecule has 0 bridgehead atoms. The maximum Gasteiger partial charge on any atom is 0.332 e. The van der Waals surface area contributed by atoms with Crippen LogP contribution < -0.4 is 14.8 Å². The van der Waals surface area contributed by atoms with E-state index in [0.717, 1.165) is 5.56 Å². The van der Waals surface area contributed by atoms with Crippen LogP contribution in [0, 0.1) is 17.8 Å². The number of nitrogens with one attached hydrogen (secondary N) is 1. The first-order valence-electron chi connectivity index (χ1n) is 14.7. The highest BCUT2D eigenvalue weighted by Crippen LogP contribution is 2.31. The van der Waals surface area contributed by atoms with Gasteiger partial charge in [0, 0.05) is 12.3 Å². The standard InChI is InChI=1S/C32H40N2O10/c1-7-21(8-2)30(37)44-27-24(40-6)14-15-33-25(27)28(35)34-23-17-41-31(38)22(16-20-12-10-9-11-13-20)26(19(5)42-32(23)39)43-29(36)18(3)4/h9-15,18-19,21-23,26H,7-8,16-17H2,1-6H3,(H,34,35)/t19-,22+,23?,26?/m0/s1. The van der Waals surface area contributed by atoms with Gasteiger partial charge in [0.15, 0.2) is 23.6 Å². The number of aromatic nitrogens is 1. The highest BCUT2D eigenvalue weighted by molar-refractivity contribution is 5.99. The van der Waals surface area contributed by atoms with E-state index in [1.165, 1.54) is 26.3 Å². The number of hydrogen-bond donors (Lipinski definition) is 1. The third-order valence-electron chi connectivity index (χ3n) is 7.29. The van der Waals surface area contributed by atoms with Crippen LogP contribution >= 0.6 is 0 Å². The second-order valence-corrected chi connectivity index (χ2v) is 10.8. The van der Waals surface area contributed by atoms with E-state index < -0.39 is 72.4 Å². The first-order chi connectivity index (χ1) is 21.0. The van der Waals surface area contributed by atoms with Crippen LogP contribution in [0.1, 0.15) is 63.5 Å². The van der Waals surface area contributed by atoms with E-state index in [0.29, 0.717) is 12.8 Å². The fourth-order valence-electron chi connectivity index (χ4n) is 4.63. The molecule has 2 heterocycles. The van der Waals surface area contributed by atoms with Crippen molar-refractivity contribution >= 4 is 29.8 Å². The lowest BCUT2D eigenvalue weighted by molar-refractivity contribution is -0.176. The lowest BCUT2D eigenvalue weighted by Gasteiger charge is -2.29. The summed E-state index contributed by atoms with van der Waals surface area (Å²) < 4.78 is 27.7. The van der Waals surface area contributed by atoms with Gasteiger partial charge in [-0.3, -0.25) is 19.2 Å². The molecule has 3 rings (SSSR count). The summed E-state index contributed by atoms with van der Waals surface area (Å²) >= 11 is 0. The third-order valence-corrected chi connectivity index (χ3v) is 7.29. The molecule has 0 spiro atoms. The first-order valence-corrected chi connectivity index (χ1v) is 14.7. The lowest BCUT2D eigenvalue weighted by atomic mass is 9.91. The number of cyclic esters (lactones) is 2. The van der Waals surface area contributed by atoms with Crippen molar-refractivity contribution in [3.05, 3.63) is 53.9 Å². The molecule has 44 heavy (non-hydrogen) atoms. The van der Waals surface area contributed by atoms with Crippen molar-refractivity contribution in [3.63, 3.8) is 0 Å². The summed E-state index contributed by atoms with van der Waals surface area (Å²) in [5.74, 6) is -5.76. The van der Waals surface area contributed by atoms with Crippen molar-refractivity contribution in [1.82, 2.24) is 10.3 Å². The van der Waals surface area contributed by atoms with Gasteiger partial charge in [0.05, 0.1) is 18.9 Å². The maximum atomic E-state index is 13.4. The van der Waals surface area contributed by atoms with Crippen LogP contribution in [-0.4, -0.2) is 66.7 Å². The number of ether oxygens (including phenoxy) is 5. The van der Waals surface area contributed by atoms with Crippen molar-refractivity contribution in [2.24, 2.45) is 17.8 Å². The predicted octanol–water partition coefficient (Wildman–Crippen LogP) is 3.45. The molecule has 1 fully saturated rings. The Bertz CT molecular complexity index is 1330. The lowest BCUT2D eigenvalue weighted by Crippen LogP contribution is -2.47. The van der Waals surface area contributed by atoms with Gasteiger partial charge in [0.2, 0.25) is 5.75 Å². The Labute approximate surface area is 256 Å². The van der Waals surface area contributed by atoms with E-state index in [9.17, 15) is 24.0 Å². The van der Waals surface area contributed by atoms with Crippen LogP contribution in [0.2, 0.25) is 0 Å². The Morgan fingerprint density at radius 1 is 1.02 bits per heavy atom. The molecular formula is C32H40N2O10. The number of carbonyl (C=O) groups excluding carboxylic acids is 5. The topological polar surface area (TPSA) is 156 Å². The number of nitrogens with zero attached hydrogens (tertiary/aromatic N) is 1. The second kappa shape index (κ2) is 15.8. The predicted molar refractivity (Wildman–Crippen MR) is 157 cm³/mol. The van der Waals surface area contributed by atoms with Gasteiger partial charge in [0.25, 0.3) is 5.91 Å². The monoisotopic (exact) mass is 612 g/mol. The molecule has 1 aliphatic rings. The van der Waals surface area contributed by atoms with Gasteiger partial charge in [-0.2, -0.15) is 0 Å². The largest absolute Gasteiger partial charge is 0.493 e. The number of methoxy groups -OCH3 is 1. The van der Waals surface area contributed by atoms with Crippen molar-refractivity contribution < 1.29 is 47.7 Å². The van der Waals surface area contributed by atoms with Crippen molar-refractivity contribution in [1.29, 1.82) is 0 Å². The summed E-state index contributed by atoms with van der Waals surface area (Å²) in [6.07, 6.45) is 0.245. The summed E-state index contributed by atoms with van der Waals surface area (Å²) in [6, 6.07) is 9.04. The summed E-state index contributed by atoms with van der Waals surface area (Å²) in [5, 5.41) is 2.47. The molecule has 1 amide bonds. The average molecular weight is 613 g/mol. The molecule has 238 valence electrons.